The van der Waals surface area contributed by atoms with Crippen molar-refractivity contribution in [1.29, 1.82) is 0 Å². The number of hydrogen-bond acceptors (Lipinski definition) is 5. The molecule has 0 aliphatic carbocycles. The second-order valence-corrected chi connectivity index (χ2v) is 5.08. The van der Waals surface area contributed by atoms with E-state index in [0.717, 1.165) is 0 Å². The quantitative estimate of drug-likeness (QED) is 0.919. The largest absolute Gasteiger partial charge is 0.395 e. The van der Waals surface area contributed by atoms with E-state index in [9.17, 15) is 4.79 Å². The number of pyridine rings is 1. The van der Waals surface area contributed by atoms with Gasteiger partial charge in [-0.3, -0.25) is 4.79 Å². The highest BCUT2D eigenvalue weighted by Gasteiger charge is 2.23. The van der Waals surface area contributed by atoms with Crippen molar-refractivity contribution < 1.29 is 14.4 Å². The van der Waals surface area contributed by atoms with Gasteiger partial charge in [0.2, 0.25) is 0 Å². The number of hydrogen-bond donors (Lipinski definition) is 1. The predicted molar refractivity (Wildman–Crippen MR) is 74.5 cm³/mol. The Kier molecular flexibility index (Phi) is 4.04. The lowest BCUT2D eigenvalue weighted by Gasteiger charge is -2.26. The summed E-state index contributed by atoms with van der Waals surface area (Å²) in [5.74, 6) is -0.143. The van der Waals surface area contributed by atoms with E-state index in [1.54, 1.807) is 24.8 Å². The Morgan fingerprint density at radius 2 is 2.15 bits per heavy atom. The maximum absolute atomic E-state index is 12.7. The van der Waals surface area contributed by atoms with E-state index in [4.69, 9.17) is 9.63 Å². The minimum Gasteiger partial charge on any atom is -0.395 e. The molecule has 0 bridgehead atoms. The van der Waals surface area contributed by atoms with Gasteiger partial charge in [0.1, 0.15) is 0 Å². The molecule has 2 rings (SSSR count). The Morgan fingerprint density at radius 1 is 1.45 bits per heavy atom. The minimum atomic E-state index is -0.143. The summed E-state index contributed by atoms with van der Waals surface area (Å²) >= 11 is 0. The van der Waals surface area contributed by atoms with Crippen LogP contribution in [0.4, 0.5) is 0 Å². The first-order valence-corrected chi connectivity index (χ1v) is 6.61. The molecular weight excluding hydrogens is 258 g/mol. The van der Waals surface area contributed by atoms with Crippen LogP contribution in [-0.2, 0) is 0 Å². The number of aliphatic hydroxyl groups is 1. The maximum Gasteiger partial charge on any atom is 0.258 e. The number of carbonyl (C=O) groups excluding carboxylic acids is 1. The number of aliphatic hydroxyl groups excluding tert-OH is 1. The predicted octanol–water partition coefficient (Wildman–Crippen LogP) is 1.68. The van der Waals surface area contributed by atoms with Crippen molar-refractivity contribution in [2.45, 2.75) is 33.7 Å². The molecule has 0 aliphatic rings. The molecule has 0 atom stereocenters. The lowest BCUT2D eigenvalue weighted by molar-refractivity contribution is 0.0667. The molecule has 0 fully saturated rings. The molecule has 2 aromatic heterocycles. The van der Waals surface area contributed by atoms with Gasteiger partial charge in [0.25, 0.3) is 11.6 Å². The normalized spacial score (nSPS) is 11.3. The third-order valence-electron chi connectivity index (χ3n) is 3.20. The van der Waals surface area contributed by atoms with E-state index in [0.29, 0.717) is 34.6 Å². The summed E-state index contributed by atoms with van der Waals surface area (Å²) in [5, 5.41) is 13.6. The van der Waals surface area contributed by atoms with Gasteiger partial charge in [0, 0.05) is 18.3 Å². The average Bonchev–Trinajstić information content (AvgIpc) is 2.75. The number of aromatic nitrogens is 2. The summed E-state index contributed by atoms with van der Waals surface area (Å²) < 4.78 is 5.14. The van der Waals surface area contributed by atoms with Crippen molar-refractivity contribution >= 4 is 17.0 Å². The van der Waals surface area contributed by atoms with E-state index in [-0.39, 0.29) is 18.6 Å². The van der Waals surface area contributed by atoms with E-state index >= 15 is 0 Å². The van der Waals surface area contributed by atoms with Crippen molar-refractivity contribution in [3.8, 4) is 0 Å². The van der Waals surface area contributed by atoms with E-state index in [1.807, 2.05) is 13.8 Å². The maximum atomic E-state index is 12.7. The molecular formula is C14H19N3O3. The zero-order valence-electron chi connectivity index (χ0n) is 12.2. The smallest absolute Gasteiger partial charge is 0.258 e. The van der Waals surface area contributed by atoms with Gasteiger partial charge in [-0.2, -0.15) is 0 Å². The molecule has 20 heavy (non-hydrogen) atoms. The Balaban J connectivity index is 2.55. The van der Waals surface area contributed by atoms with Crippen molar-refractivity contribution in [3.05, 3.63) is 23.0 Å². The first-order valence-electron chi connectivity index (χ1n) is 6.61. The van der Waals surface area contributed by atoms with Gasteiger partial charge >= 0.3 is 0 Å². The first-order chi connectivity index (χ1) is 9.45. The highest BCUT2D eigenvalue weighted by atomic mass is 16.5. The van der Waals surface area contributed by atoms with E-state index in [1.165, 1.54) is 0 Å². The minimum absolute atomic E-state index is 0.00154. The van der Waals surface area contributed by atoms with Crippen LogP contribution in [0.15, 0.2) is 10.6 Å². The molecule has 6 heteroatoms. The molecule has 2 aromatic rings. The molecule has 0 unspecified atom stereocenters. The second kappa shape index (κ2) is 5.58. The van der Waals surface area contributed by atoms with Gasteiger partial charge in [-0.25, -0.2) is 4.98 Å². The topological polar surface area (TPSA) is 79.5 Å². The van der Waals surface area contributed by atoms with Crippen LogP contribution in [0.2, 0.25) is 0 Å². The number of fused-ring (bicyclic) bond motifs is 1. The van der Waals surface area contributed by atoms with Crippen molar-refractivity contribution in [2.24, 2.45) is 0 Å². The Hall–Kier alpha value is -1.95. The van der Waals surface area contributed by atoms with Crippen LogP contribution in [0.25, 0.3) is 11.1 Å². The van der Waals surface area contributed by atoms with Crippen molar-refractivity contribution in [2.75, 3.05) is 13.2 Å². The zero-order chi connectivity index (χ0) is 14.9. The molecule has 1 amide bonds. The van der Waals surface area contributed by atoms with Gasteiger partial charge < -0.3 is 14.5 Å². The van der Waals surface area contributed by atoms with Crippen molar-refractivity contribution in [1.82, 2.24) is 15.0 Å². The average molecular weight is 277 g/mol. The molecule has 108 valence electrons. The van der Waals surface area contributed by atoms with Gasteiger partial charge in [-0.15, -0.1) is 0 Å². The standard InChI is InChI=1S/C14H19N3O3/c1-8(2)17(5-6-18)14(19)11-7-9(3)15-13-12(11)10(4)16-20-13/h7-8,18H,5-6H2,1-4H3. The number of nitrogens with zero attached hydrogens (tertiary/aromatic N) is 3. The van der Waals surface area contributed by atoms with Crippen LogP contribution in [0.5, 0.6) is 0 Å². The molecule has 0 aliphatic heterocycles. The van der Waals surface area contributed by atoms with Crippen LogP contribution < -0.4 is 0 Å². The van der Waals surface area contributed by atoms with Gasteiger partial charge in [0.15, 0.2) is 0 Å². The summed E-state index contributed by atoms with van der Waals surface area (Å²) in [7, 11) is 0. The van der Waals surface area contributed by atoms with Crippen molar-refractivity contribution in [3.63, 3.8) is 0 Å². The summed E-state index contributed by atoms with van der Waals surface area (Å²) in [5.41, 5.74) is 2.24. The van der Waals surface area contributed by atoms with Gasteiger partial charge in [-0.05, 0) is 33.8 Å². The molecule has 0 radical (unpaired) electrons. The number of aryl methyl sites for hydroxylation is 2. The van der Waals surface area contributed by atoms with E-state index in [2.05, 4.69) is 10.1 Å². The fraction of sp³-hybridized carbons (Fsp3) is 0.500. The fourth-order valence-electron chi connectivity index (χ4n) is 2.24. The Morgan fingerprint density at radius 3 is 2.75 bits per heavy atom. The monoisotopic (exact) mass is 277 g/mol. The highest BCUT2D eigenvalue weighted by Crippen LogP contribution is 2.23. The SMILES string of the molecule is Cc1cc(C(=O)N(CCO)C(C)C)c2c(C)noc2n1. The lowest BCUT2D eigenvalue weighted by Crippen LogP contribution is -2.39. The van der Waals surface area contributed by atoms with Crippen LogP contribution in [0.1, 0.15) is 35.6 Å². The molecule has 2 heterocycles. The highest BCUT2D eigenvalue weighted by molar-refractivity contribution is 6.06. The summed E-state index contributed by atoms with van der Waals surface area (Å²) in [6.45, 7) is 7.65. The van der Waals surface area contributed by atoms with Gasteiger partial charge in [0.05, 0.1) is 23.3 Å². The third kappa shape index (κ3) is 2.51. The summed E-state index contributed by atoms with van der Waals surface area (Å²) in [6.07, 6.45) is 0. The lowest BCUT2D eigenvalue weighted by atomic mass is 10.1. The molecule has 6 nitrogen and oxygen atoms in total. The number of carbonyl (C=O) groups is 1. The second-order valence-electron chi connectivity index (χ2n) is 5.08. The number of amides is 1. The molecule has 0 spiro atoms. The van der Waals surface area contributed by atoms with E-state index < -0.39 is 0 Å². The summed E-state index contributed by atoms with van der Waals surface area (Å²) in [6, 6.07) is 1.74. The number of rotatable bonds is 4. The zero-order valence-corrected chi connectivity index (χ0v) is 12.2. The molecule has 1 N–H and O–H groups in total. The van der Waals surface area contributed by atoms with Gasteiger partial charge in [-0.1, -0.05) is 5.16 Å². The molecule has 0 saturated heterocycles. The fourth-order valence-corrected chi connectivity index (χ4v) is 2.24. The Labute approximate surface area is 117 Å². The van der Waals surface area contributed by atoms with Crippen LogP contribution in [0.3, 0.4) is 0 Å². The third-order valence-corrected chi connectivity index (χ3v) is 3.20. The van der Waals surface area contributed by atoms with Crippen LogP contribution >= 0.6 is 0 Å². The van der Waals surface area contributed by atoms with Crippen LogP contribution in [0, 0.1) is 13.8 Å². The Bertz CT molecular complexity index is 634. The summed E-state index contributed by atoms with van der Waals surface area (Å²) in [4.78, 5) is 18.6. The van der Waals surface area contributed by atoms with Crippen LogP contribution in [-0.4, -0.2) is 45.2 Å². The molecule has 0 saturated carbocycles. The molecule has 0 aromatic carbocycles. The first kappa shape index (κ1) is 14.5.